The molecule has 0 aliphatic heterocycles. The van der Waals surface area contributed by atoms with Crippen LogP contribution in [-0.4, -0.2) is 22.2 Å². The molecular weight excluding hydrogens is 196 g/mol. The first-order valence-electron chi connectivity index (χ1n) is 4.45. The van der Waals surface area contributed by atoms with Crippen molar-refractivity contribution in [2.24, 2.45) is 0 Å². The molecule has 0 aliphatic rings. The van der Waals surface area contributed by atoms with Crippen molar-refractivity contribution < 1.29 is 0 Å². The smallest absolute Gasteiger partial charge is 0.164 e. The second-order valence-electron chi connectivity index (χ2n) is 2.98. The number of H-pyrrole nitrogens is 1. The van der Waals surface area contributed by atoms with Gasteiger partial charge in [-0.15, -0.1) is 11.3 Å². The summed E-state index contributed by atoms with van der Waals surface area (Å²) in [5.41, 5.74) is 0. The summed E-state index contributed by atoms with van der Waals surface area (Å²) in [4.78, 5) is 5.66. The summed E-state index contributed by atoms with van der Waals surface area (Å²) in [6, 6.07) is 4.15. The van der Waals surface area contributed by atoms with E-state index in [4.69, 9.17) is 0 Å². The fourth-order valence-electron chi connectivity index (χ4n) is 1.23. The monoisotopic (exact) mass is 208 g/mol. The number of hydrogen-bond acceptors (Lipinski definition) is 4. The minimum atomic E-state index is 0.709. The van der Waals surface area contributed by atoms with Crippen LogP contribution < -0.4 is 5.32 Å². The molecule has 0 fully saturated rings. The van der Waals surface area contributed by atoms with Gasteiger partial charge in [-0.1, -0.05) is 6.07 Å². The largest absolute Gasteiger partial charge is 0.313 e. The predicted octanol–water partition coefficient (Wildman–Crippen LogP) is 1.18. The Bertz CT molecular complexity index is 379. The average molecular weight is 208 g/mol. The van der Waals surface area contributed by atoms with Crippen LogP contribution in [0.4, 0.5) is 0 Å². The van der Waals surface area contributed by atoms with Gasteiger partial charge < -0.3 is 5.32 Å². The van der Waals surface area contributed by atoms with E-state index in [0.29, 0.717) is 6.54 Å². The highest BCUT2D eigenvalue weighted by atomic mass is 32.1. The Hall–Kier alpha value is -1.20. The van der Waals surface area contributed by atoms with Crippen molar-refractivity contribution in [3.05, 3.63) is 34.0 Å². The van der Waals surface area contributed by atoms with E-state index in [0.717, 1.165) is 18.1 Å². The van der Waals surface area contributed by atoms with Gasteiger partial charge in [-0.05, 0) is 18.5 Å². The van der Waals surface area contributed by atoms with Gasteiger partial charge in [-0.2, -0.15) is 5.10 Å². The molecule has 2 aromatic rings. The number of rotatable bonds is 4. The van der Waals surface area contributed by atoms with Crippen LogP contribution in [0.2, 0.25) is 0 Å². The maximum atomic E-state index is 4.35. The zero-order valence-corrected chi connectivity index (χ0v) is 8.77. The topological polar surface area (TPSA) is 53.6 Å². The van der Waals surface area contributed by atoms with Crippen molar-refractivity contribution in [2.45, 2.75) is 13.0 Å². The summed E-state index contributed by atoms with van der Waals surface area (Å²) < 4.78 is 0. The standard InChI is InChI=1S/C9H12N4S/c1-10-6-9-11-8(12-13-9)5-7-3-2-4-14-7/h2-4,10H,5-6H2,1H3,(H,11,12,13). The first-order chi connectivity index (χ1) is 6.88. The second kappa shape index (κ2) is 4.34. The van der Waals surface area contributed by atoms with Gasteiger partial charge in [0.1, 0.15) is 5.82 Å². The summed E-state index contributed by atoms with van der Waals surface area (Å²) in [5.74, 6) is 1.75. The molecule has 74 valence electrons. The average Bonchev–Trinajstić information content (AvgIpc) is 2.79. The molecular formula is C9H12N4S. The van der Waals surface area contributed by atoms with Gasteiger partial charge in [-0.25, -0.2) is 4.98 Å². The van der Waals surface area contributed by atoms with Gasteiger partial charge in [-0.3, -0.25) is 5.10 Å². The molecule has 2 N–H and O–H groups in total. The van der Waals surface area contributed by atoms with Gasteiger partial charge in [0.05, 0.1) is 6.54 Å². The fourth-order valence-corrected chi connectivity index (χ4v) is 1.94. The van der Waals surface area contributed by atoms with Crippen LogP contribution >= 0.6 is 11.3 Å². The predicted molar refractivity (Wildman–Crippen MR) is 56.3 cm³/mol. The van der Waals surface area contributed by atoms with Gasteiger partial charge in [0.2, 0.25) is 0 Å². The first-order valence-corrected chi connectivity index (χ1v) is 5.33. The summed E-state index contributed by atoms with van der Waals surface area (Å²) in [7, 11) is 1.88. The van der Waals surface area contributed by atoms with E-state index in [-0.39, 0.29) is 0 Å². The van der Waals surface area contributed by atoms with Gasteiger partial charge >= 0.3 is 0 Å². The van der Waals surface area contributed by atoms with Crippen molar-refractivity contribution in [3.8, 4) is 0 Å². The third kappa shape index (κ3) is 2.18. The maximum absolute atomic E-state index is 4.35. The Morgan fingerprint density at radius 2 is 2.50 bits per heavy atom. The number of nitrogens with zero attached hydrogens (tertiary/aromatic N) is 2. The molecule has 0 saturated heterocycles. The molecule has 0 atom stereocenters. The van der Waals surface area contributed by atoms with Crippen molar-refractivity contribution in [1.82, 2.24) is 20.5 Å². The molecule has 0 aliphatic carbocycles. The van der Waals surface area contributed by atoms with Crippen LogP contribution in [0, 0.1) is 0 Å². The third-order valence-electron chi connectivity index (χ3n) is 1.83. The number of thiophene rings is 1. The highest BCUT2D eigenvalue weighted by Gasteiger charge is 2.03. The van der Waals surface area contributed by atoms with E-state index in [2.05, 4.69) is 31.9 Å². The molecule has 4 nitrogen and oxygen atoms in total. The Morgan fingerprint density at radius 1 is 1.57 bits per heavy atom. The van der Waals surface area contributed by atoms with E-state index in [1.54, 1.807) is 11.3 Å². The second-order valence-corrected chi connectivity index (χ2v) is 4.02. The quantitative estimate of drug-likeness (QED) is 0.793. The lowest BCUT2D eigenvalue weighted by Gasteiger charge is -1.90. The molecule has 2 aromatic heterocycles. The van der Waals surface area contributed by atoms with Crippen LogP contribution in [-0.2, 0) is 13.0 Å². The lowest BCUT2D eigenvalue weighted by molar-refractivity contribution is 0.762. The van der Waals surface area contributed by atoms with Gasteiger partial charge in [0.25, 0.3) is 0 Å². The summed E-state index contributed by atoms with van der Waals surface area (Å²) in [5, 5.41) is 12.1. The van der Waals surface area contributed by atoms with Crippen molar-refractivity contribution in [3.63, 3.8) is 0 Å². The Balaban J connectivity index is 2.03. The van der Waals surface area contributed by atoms with Crippen LogP contribution in [0.15, 0.2) is 17.5 Å². The lowest BCUT2D eigenvalue weighted by Crippen LogP contribution is -2.06. The molecule has 0 radical (unpaired) electrons. The Morgan fingerprint density at radius 3 is 3.21 bits per heavy atom. The number of aromatic amines is 1. The van der Waals surface area contributed by atoms with Crippen molar-refractivity contribution in [1.29, 1.82) is 0 Å². The summed E-state index contributed by atoms with van der Waals surface area (Å²) >= 11 is 1.74. The summed E-state index contributed by atoms with van der Waals surface area (Å²) in [6.45, 7) is 0.709. The van der Waals surface area contributed by atoms with E-state index in [1.165, 1.54) is 4.88 Å². The zero-order chi connectivity index (χ0) is 9.80. The van der Waals surface area contributed by atoms with E-state index in [1.807, 2.05) is 13.1 Å². The number of nitrogens with one attached hydrogen (secondary N) is 2. The summed E-state index contributed by atoms with van der Waals surface area (Å²) in [6.07, 6.45) is 0.842. The molecule has 0 bridgehead atoms. The van der Waals surface area contributed by atoms with Crippen LogP contribution in [0.25, 0.3) is 0 Å². The minimum Gasteiger partial charge on any atom is -0.313 e. The van der Waals surface area contributed by atoms with Crippen LogP contribution in [0.1, 0.15) is 16.5 Å². The molecule has 0 spiro atoms. The molecule has 2 heterocycles. The van der Waals surface area contributed by atoms with E-state index < -0.39 is 0 Å². The number of aromatic nitrogens is 3. The van der Waals surface area contributed by atoms with Crippen molar-refractivity contribution >= 4 is 11.3 Å². The van der Waals surface area contributed by atoms with Crippen molar-refractivity contribution in [2.75, 3.05) is 7.05 Å². The normalized spacial score (nSPS) is 10.6. The molecule has 14 heavy (non-hydrogen) atoms. The molecule has 2 rings (SSSR count). The fraction of sp³-hybridized carbons (Fsp3) is 0.333. The first kappa shape index (κ1) is 9.36. The molecule has 5 heteroatoms. The molecule has 0 aromatic carbocycles. The Kier molecular flexibility index (Phi) is 2.90. The van der Waals surface area contributed by atoms with E-state index in [9.17, 15) is 0 Å². The number of hydrogen-bond donors (Lipinski definition) is 2. The SMILES string of the molecule is CNCc1n[nH]c(Cc2cccs2)n1. The van der Waals surface area contributed by atoms with Gasteiger partial charge in [0.15, 0.2) is 5.82 Å². The minimum absolute atomic E-state index is 0.709. The third-order valence-corrected chi connectivity index (χ3v) is 2.71. The lowest BCUT2D eigenvalue weighted by atomic mass is 10.3. The van der Waals surface area contributed by atoms with E-state index >= 15 is 0 Å². The highest BCUT2D eigenvalue weighted by Crippen LogP contribution is 2.11. The molecule has 0 amide bonds. The maximum Gasteiger partial charge on any atom is 0.164 e. The molecule has 0 saturated carbocycles. The molecule has 0 unspecified atom stereocenters. The van der Waals surface area contributed by atoms with Gasteiger partial charge in [0, 0.05) is 11.3 Å². The Labute approximate surface area is 86.4 Å². The zero-order valence-electron chi connectivity index (χ0n) is 7.95. The van der Waals surface area contributed by atoms with Crippen LogP contribution in [0.5, 0.6) is 0 Å². The van der Waals surface area contributed by atoms with Crippen LogP contribution in [0.3, 0.4) is 0 Å². The highest BCUT2D eigenvalue weighted by molar-refractivity contribution is 7.09.